The lowest BCUT2D eigenvalue weighted by atomic mass is 10.2. The fourth-order valence-corrected chi connectivity index (χ4v) is 2.60. The number of rotatable bonds is 3. The highest BCUT2D eigenvalue weighted by atomic mass is 16.5. The third kappa shape index (κ3) is 3.29. The quantitative estimate of drug-likeness (QED) is 0.644. The van der Waals surface area contributed by atoms with Crippen LogP contribution in [0.4, 0.5) is 17.3 Å². The number of hydrogen-bond acceptors (Lipinski definition) is 5. The number of anilines is 2. The normalized spacial score (nSPS) is 15.9. The molecule has 2 aromatic rings. The van der Waals surface area contributed by atoms with Crippen LogP contribution in [0.5, 0.6) is 0 Å². The second-order valence-corrected chi connectivity index (χ2v) is 5.10. The van der Waals surface area contributed by atoms with E-state index in [1.54, 1.807) is 12.4 Å². The Labute approximate surface area is 124 Å². The molecule has 3 N–H and O–H groups in total. The Hall–Kier alpha value is -2.18. The molecule has 110 valence electrons. The van der Waals surface area contributed by atoms with Crippen LogP contribution in [0, 0.1) is 0 Å². The van der Waals surface area contributed by atoms with Crippen LogP contribution in [0.2, 0.25) is 0 Å². The Balaban J connectivity index is 1.67. The van der Waals surface area contributed by atoms with Gasteiger partial charge in [0.2, 0.25) is 5.95 Å². The zero-order valence-corrected chi connectivity index (χ0v) is 11.9. The molecule has 0 aliphatic carbocycles. The molecule has 21 heavy (non-hydrogen) atoms. The minimum Gasteiger partial charge on any atom is -0.370 e. The molecule has 6 heteroatoms. The van der Waals surface area contributed by atoms with Crippen molar-refractivity contribution in [3.63, 3.8) is 0 Å². The zero-order chi connectivity index (χ0) is 14.5. The lowest BCUT2D eigenvalue weighted by Gasteiger charge is -2.23. The summed E-state index contributed by atoms with van der Waals surface area (Å²) >= 11 is 0. The molecular formula is C15H20N5O+. The first-order valence-corrected chi connectivity index (χ1v) is 7.21. The SMILES string of the molecule is O[NH2+]c1ccc(N2CCCN(c3ncccn3)CC2)cc1. The van der Waals surface area contributed by atoms with E-state index in [1.807, 2.05) is 18.2 Å². The van der Waals surface area contributed by atoms with Crippen LogP contribution in [0.3, 0.4) is 0 Å². The Morgan fingerprint density at radius 1 is 0.905 bits per heavy atom. The van der Waals surface area contributed by atoms with Gasteiger partial charge in [0, 0.05) is 56.4 Å². The highest BCUT2D eigenvalue weighted by molar-refractivity contribution is 5.51. The van der Waals surface area contributed by atoms with Gasteiger partial charge in [-0.3, -0.25) is 0 Å². The van der Waals surface area contributed by atoms with Crippen LogP contribution in [-0.2, 0) is 0 Å². The largest absolute Gasteiger partial charge is 0.370 e. The second kappa shape index (κ2) is 6.51. The van der Waals surface area contributed by atoms with E-state index < -0.39 is 0 Å². The van der Waals surface area contributed by atoms with E-state index in [1.165, 1.54) is 5.69 Å². The molecule has 1 aromatic heterocycles. The molecule has 0 atom stereocenters. The summed E-state index contributed by atoms with van der Waals surface area (Å²) in [5.41, 5.74) is 3.14. The van der Waals surface area contributed by atoms with Crippen LogP contribution in [0.25, 0.3) is 0 Å². The van der Waals surface area contributed by atoms with Crippen molar-refractivity contribution >= 4 is 17.3 Å². The molecule has 0 saturated carbocycles. The third-order valence-corrected chi connectivity index (χ3v) is 3.74. The maximum atomic E-state index is 8.99. The lowest BCUT2D eigenvalue weighted by Crippen LogP contribution is -2.73. The lowest BCUT2D eigenvalue weighted by molar-refractivity contribution is -0.825. The number of aromatic nitrogens is 2. The van der Waals surface area contributed by atoms with E-state index in [0.29, 0.717) is 0 Å². The highest BCUT2D eigenvalue weighted by Crippen LogP contribution is 2.19. The average molecular weight is 286 g/mol. The second-order valence-electron chi connectivity index (χ2n) is 5.10. The number of nitrogens with zero attached hydrogens (tertiary/aromatic N) is 4. The minimum atomic E-state index is 0.810. The molecule has 1 saturated heterocycles. The van der Waals surface area contributed by atoms with Crippen molar-refractivity contribution < 1.29 is 10.7 Å². The molecule has 6 nitrogen and oxygen atoms in total. The van der Waals surface area contributed by atoms with Gasteiger partial charge in [0.1, 0.15) is 0 Å². The Bertz CT molecular complexity index is 560. The van der Waals surface area contributed by atoms with Crippen molar-refractivity contribution in [2.45, 2.75) is 6.42 Å². The fraction of sp³-hybridized carbons (Fsp3) is 0.333. The molecule has 0 amide bonds. The van der Waals surface area contributed by atoms with Crippen molar-refractivity contribution in [1.82, 2.24) is 9.97 Å². The van der Waals surface area contributed by atoms with E-state index in [-0.39, 0.29) is 0 Å². The molecule has 0 bridgehead atoms. The van der Waals surface area contributed by atoms with Gasteiger partial charge in [-0.15, -0.1) is 0 Å². The number of benzene rings is 1. The Morgan fingerprint density at radius 2 is 1.57 bits per heavy atom. The first-order valence-electron chi connectivity index (χ1n) is 7.21. The summed E-state index contributed by atoms with van der Waals surface area (Å²) in [5.74, 6) is 0.810. The maximum absolute atomic E-state index is 8.99. The van der Waals surface area contributed by atoms with Crippen LogP contribution in [0.15, 0.2) is 42.7 Å². The Kier molecular flexibility index (Phi) is 4.28. The van der Waals surface area contributed by atoms with Crippen LogP contribution in [0.1, 0.15) is 6.42 Å². The van der Waals surface area contributed by atoms with Crippen LogP contribution < -0.4 is 15.3 Å². The van der Waals surface area contributed by atoms with Gasteiger partial charge in [-0.1, -0.05) is 0 Å². The van der Waals surface area contributed by atoms with Gasteiger partial charge in [0.15, 0.2) is 5.69 Å². The predicted octanol–water partition coefficient (Wildman–Crippen LogP) is 0.777. The summed E-state index contributed by atoms with van der Waals surface area (Å²) in [7, 11) is 0. The smallest absolute Gasteiger partial charge is 0.225 e. The fourth-order valence-electron chi connectivity index (χ4n) is 2.60. The van der Waals surface area contributed by atoms with Crippen molar-refractivity contribution in [1.29, 1.82) is 0 Å². The summed E-state index contributed by atoms with van der Waals surface area (Å²) in [6.45, 7) is 3.85. The van der Waals surface area contributed by atoms with Gasteiger partial charge in [-0.25, -0.2) is 15.2 Å². The molecule has 0 unspecified atom stereocenters. The maximum Gasteiger partial charge on any atom is 0.225 e. The van der Waals surface area contributed by atoms with Gasteiger partial charge < -0.3 is 9.80 Å². The molecule has 1 fully saturated rings. The average Bonchev–Trinajstić information content (AvgIpc) is 2.82. The summed E-state index contributed by atoms with van der Waals surface area (Å²) < 4.78 is 0. The molecule has 1 aliphatic rings. The van der Waals surface area contributed by atoms with Crippen molar-refractivity contribution in [2.75, 3.05) is 36.0 Å². The minimum absolute atomic E-state index is 0.810. The summed E-state index contributed by atoms with van der Waals surface area (Å²) in [6, 6.07) is 9.80. The predicted molar refractivity (Wildman–Crippen MR) is 80.9 cm³/mol. The molecule has 3 rings (SSSR count). The molecule has 2 heterocycles. The number of hydrogen-bond donors (Lipinski definition) is 2. The van der Waals surface area contributed by atoms with E-state index in [2.05, 4.69) is 31.9 Å². The van der Waals surface area contributed by atoms with Gasteiger partial charge in [0.05, 0.1) is 0 Å². The Morgan fingerprint density at radius 3 is 2.29 bits per heavy atom. The molecule has 1 aliphatic heterocycles. The summed E-state index contributed by atoms with van der Waals surface area (Å²) in [5, 5.41) is 8.99. The third-order valence-electron chi connectivity index (χ3n) is 3.74. The van der Waals surface area contributed by atoms with Crippen molar-refractivity contribution in [3.05, 3.63) is 42.7 Å². The monoisotopic (exact) mass is 286 g/mol. The van der Waals surface area contributed by atoms with Crippen LogP contribution >= 0.6 is 0 Å². The molecule has 0 radical (unpaired) electrons. The van der Waals surface area contributed by atoms with Gasteiger partial charge in [0.25, 0.3) is 0 Å². The van der Waals surface area contributed by atoms with E-state index in [4.69, 9.17) is 5.21 Å². The molecule has 1 aromatic carbocycles. The van der Waals surface area contributed by atoms with Gasteiger partial charge in [-0.2, -0.15) is 5.48 Å². The standard InChI is InChI=1S/C15H19N5O/c21-18-13-3-5-14(6-4-13)19-9-2-10-20(12-11-19)15-16-7-1-8-17-15/h1,3-8,18,21H,2,9-12H2/p+1. The van der Waals surface area contributed by atoms with E-state index in [0.717, 1.165) is 49.7 Å². The van der Waals surface area contributed by atoms with E-state index >= 15 is 0 Å². The topological polar surface area (TPSA) is 69.1 Å². The zero-order valence-electron chi connectivity index (χ0n) is 11.9. The van der Waals surface area contributed by atoms with Crippen LogP contribution in [-0.4, -0.2) is 41.4 Å². The van der Waals surface area contributed by atoms with Gasteiger partial charge >= 0.3 is 0 Å². The summed E-state index contributed by atoms with van der Waals surface area (Å²) in [4.78, 5) is 13.3. The molecule has 0 spiro atoms. The number of quaternary nitrogens is 1. The van der Waals surface area contributed by atoms with Crippen molar-refractivity contribution in [2.24, 2.45) is 0 Å². The first kappa shape index (κ1) is 13.8. The first-order chi connectivity index (χ1) is 10.4. The molecular weight excluding hydrogens is 266 g/mol. The van der Waals surface area contributed by atoms with Gasteiger partial charge in [-0.05, 0) is 24.6 Å². The van der Waals surface area contributed by atoms with E-state index in [9.17, 15) is 0 Å². The number of nitrogens with two attached hydrogens (primary N) is 1. The van der Waals surface area contributed by atoms with Crippen molar-refractivity contribution in [3.8, 4) is 0 Å². The highest BCUT2D eigenvalue weighted by Gasteiger charge is 2.17. The summed E-state index contributed by atoms with van der Waals surface area (Å²) in [6.07, 6.45) is 4.65.